The molecule has 1 atom stereocenters. The molecule has 1 heterocycles. The van der Waals surface area contributed by atoms with Crippen molar-refractivity contribution in [3.63, 3.8) is 0 Å². The van der Waals surface area contributed by atoms with Crippen LogP contribution in [-0.2, 0) is 4.74 Å². The Morgan fingerprint density at radius 2 is 2.47 bits per heavy atom. The maximum Gasteiger partial charge on any atom is 0.205 e. The number of ether oxygens (including phenoxy) is 1. The molecule has 15 heavy (non-hydrogen) atoms. The molecule has 0 radical (unpaired) electrons. The topological polar surface area (TPSA) is 71.7 Å². The molecule has 1 unspecified atom stereocenters. The van der Waals surface area contributed by atoms with Gasteiger partial charge in [-0.2, -0.15) is 0 Å². The lowest BCUT2D eigenvalue weighted by Crippen LogP contribution is -2.42. The summed E-state index contributed by atoms with van der Waals surface area (Å²) in [6.45, 7) is 5.56. The van der Waals surface area contributed by atoms with E-state index in [1.807, 2.05) is 0 Å². The highest BCUT2D eigenvalue weighted by atomic mass is 16.5. The van der Waals surface area contributed by atoms with Gasteiger partial charge in [-0.05, 0) is 12.8 Å². The number of hydrogen-bond acceptors (Lipinski definition) is 3. The third kappa shape index (κ3) is 4.99. The predicted molar refractivity (Wildman–Crippen MR) is 61.5 cm³/mol. The van der Waals surface area contributed by atoms with Gasteiger partial charge < -0.3 is 10.1 Å². The minimum Gasteiger partial charge on any atom is -0.381 e. The average Bonchev–Trinajstić information content (AvgIpc) is 2.76. The van der Waals surface area contributed by atoms with Crippen molar-refractivity contribution in [2.45, 2.75) is 26.2 Å². The summed E-state index contributed by atoms with van der Waals surface area (Å²) in [5.74, 6) is 6.61. The van der Waals surface area contributed by atoms with Crippen LogP contribution in [0.4, 0.5) is 0 Å². The minimum atomic E-state index is 0.557. The summed E-state index contributed by atoms with van der Waals surface area (Å²) in [6, 6.07) is 0. The van der Waals surface area contributed by atoms with Gasteiger partial charge in [0.05, 0.1) is 6.61 Å². The monoisotopic (exact) mass is 214 g/mol. The van der Waals surface area contributed by atoms with Gasteiger partial charge >= 0.3 is 0 Å². The third-order valence-corrected chi connectivity index (χ3v) is 2.49. The van der Waals surface area contributed by atoms with Crippen molar-refractivity contribution in [1.29, 1.82) is 0 Å². The maximum absolute atomic E-state index is 5.37. The van der Waals surface area contributed by atoms with E-state index in [0.717, 1.165) is 39.1 Å². The molecule has 1 aliphatic rings. The lowest BCUT2D eigenvalue weighted by molar-refractivity contribution is 0.187. The highest BCUT2D eigenvalue weighted by Gasteiger charge is 2.14. The Morgan fingerprint density at radius 3 is 3.07 bits per heavy atom. The maximum atomic E-state index is 5.37. The Labute approximate surface area is 91.4 Å². The molecule has 0 aromatic heterocycles. The van der Waals surface area contributed by atoms with Gasteiger partial charge in [0.1, 0.15) is 0 Å². The van der Waals surface area contributed by atoms with Gasteiger partial charge in [0.2, 0.25) is 5.96 Å². The third-order valence-electron chi connectivity index (χ3n) is 2.49. The van der Waals surface area contributed by atoms with Crippen LogP contribution >= 0.6 is 0 Å². The van der Waals surface area contributed by atoms with E-state index < -0.39 is 0 Å². The Bertz CT molecular complexity index is 190. The fourth-order valence-electron chi connectivity index (χ4n) is 1.48. The van der Waals surface area contributed by atoms with Gasteiger partial charge in [-0.3, -0.25) is 10.4 Å². The second kappa shape index (κ2) is 7.48. The number of rotatable bonds is 5. The van der Waals surface area contributed by atoms with Crippen molar-refractivity contribution in [2.24, 2.45) is 16.8 Å². The number of hydrogen-bond donors (Lipinski definition) is 3. The van der Waals surface area contributed by atoms with Crippen molar-refractivity contribution in [1.82, 2.24) is 10.7 Å². The molecule has 0 aromatic carbocycles. The number of guanidine groups is 1. The van der Waals surface area contributed by atoms with Crippen LogP contribution in [0.25, 0.3) is 0 Å². The SMILES string of the molecule is CCCCNC(=NCC1CCOC1)NN. The van der Waals surface area contributed by atoms with Gasteiger partial charge in [-0.15, -0.1) is 0 Å². The van der Waals surface area contributed by atoms with E-state index in [-0.39, 0.29) is 0 Å². The molecule has 0 aromatic rings. The second-order valence-electron chi connectivity index (χ2n) is 3.84. The first kappa shape index (κ1) is 12.3. The zero-order chi connectivity index (χ0) is 10.9. The smallest absolute Gasteiger partial charge is 0.205 e. The molecule has 5 nitrogen and oxygen atoms in total. The number of aliphatic imine (C=N–C) groups is 1. The number of hydrazine groups is 1. The molecule has 1 rings (SSSR count). The highest BCUT2D eigenvalue weighted by molar-refractivity contribution is 5.79. The summed E-state index contributed by atoms with van der Waals surface area (Å²) in [5.41, 5.74) is 2.58. The first-order valence-electron chi connectivity index (χ1n) is 5.69. The largest absolute Gasteiger partial charge is 0.381 e. The molecule has 88 valence electrons. The van der Waals surface area contributed by atoms with Crippen LogP contribution in [-0.4, -0.2) is 32.3 Å². The van der Waals surface area contributed by atoms with Crippen molar-refractivity contribution in [3.8, 4) is 0 Å². The van der Waals surface area contributed by atoms with Crippen LogP contribution in [0.2, 0.25) is 0 Å². The Morgan fingerprint density at radius 1 is 1.60 bits per heavy atom. The molecule has 1 fully saturated rings. The summed E-state index contributed by atoms with van der Waals surface area (Å²) in [5, 5.41) is 3.17. The van der Waals surface area contributed by atoms with Gasteiger partial charge in [0, 0.05) is 25.6 Å². The zero-order valence-electron chi connectivity index (χ0n) is 9.46. The number of nitrogens with zero attached hydrogens (tertiary/aromatic N) is 1. The molecule has 0 spiro atoms. The van der Waals surface area contributed by atoms with Crippen molar-refractivity contribution < 1.29 is 4.74 Å². The van der Waals surface area contributed by atoms with Gasteiger partial charge in [-0.1, -0.05) is 13.3 Å². The molecule has 4 N–H and O–H groups in total. The molecule has 0 bridgehead atoms. The van der Waals surface area contributed by atoms with Crippen LogP contribution in [0.5, 0.6) is 0 Å². The van der Waals surface area contributed by atoms with Crippen molar-refractivity contribution in [3.05, 3.63) is 0 Å². The van der Waals surface area contributed by atoms with Gasteiger partial charge in [0.15, 0.2) is 0 Å². The first-order chi connectivity index (χ1) is 7.36. The summed E-state index contributed by atoms with van der Waals surface area (Å²) in [7, 11) is 0. The normalized spacial score (nSPS) is 21.7. The van der Waals surface area contributed by atoms with Crippen LogP contribution in [0.3, 0.4) is 0 Å². The standard InChI is InChI=1S/C10H22N4O/c1-2-3-5-12-10(14-11)13-7-9-4-6-15-8-9/h9H,2-8,11H2,1H3,(H2,12,13,14). The Balaban J connectivity index is 2.19. The Kier molecular flexibility index (Phi) is 6.11. The highest BCUT2D eigenvalue weighted by Crippen LogP contribution is 2.11. The first-order valence-corrected chi connectivity index (χ1v) is 5.69. The Hall–Kier alpha value is -0.810. The minimum absolute atomic E-state index is 0.557. The lowest BCUT2D eigenvalue weighted by Gasteiger charge is -2.09. The van der Waals surface area contributed by atoms with E-state index in [1.54, 1.807) is 0 Å². The van der Waals surface area contributed by atoms with Gasteiger partial charge in [-0.25, -0.2) is 5.84 Å². The number of nitrogens with one attached hydrogen (secondary N) is 2. The summed E-state index contributed by atoms with van der Waals surface area (Å²) >= 11 is 0. The average molecular weight is 214 g/mol. The summed E-state index contributed by atoms with van der Waals surface area (Å²) in [4.78, 5) is 4.39. The van der Waals surface area contributed by atoms with E-state index in [0.29, 0.717) is 11.9 Å². The number of unbranched alkanes of at least 4 members (excludes halogenated alkanes) is 1. The number of nitrogens with two attached hydrogens (primary N) is 1. The van der Waals surface area contributed by atoms with Crippen LogP contribution in [0, 0.1) is 5.92 Å². The van der Waals surface area contributed by atoms with E-state index in [2.05, 4.69) is 22.7 Å². The molecular weight excluding hydrogens is 192 g/mol. The molecular formula is C10H22N4O. The van der Waals surface area contributed by atoms with E-state index >= 15 is 0 Å². The molecule has 0 amide bonds. The lowest BCUT2D eigenvalue weighted by atomic mass is 10.1. The summed E-state index contributed by atoms with van der Waals surface area (Å²) in [6.07, 6.45) is 3.41. The zero-order valence-corrected chi connectivity index (χ0v) is 9.46. The van der Waals surface area contributed by atoms with Crippen LogP contribution < -0.4 is 16.6 Å². The van der Waals surface area contributed by atoms with E-state index in [4.69, 9.17) is 10.6 Å². The second-order valence-corrected chi connectivity index (χ2v) is 3.84. The van der Waals surface area contributed by atoms with Gasteiger partial charge in [0.25, 0.3) is 0 Å². The predicted octanol–water partition coefficient (Wildman–Crippen LogP) is 0.232. The quantitative estimate of drug-likeness (QED) is 0.201. The molecule has 0 aliphatic carbocycles. The fourth-order valence-corrected chi connectivity index (χ4v) is 1.48. The van der Waals surface area contributed by atoms with Crippen molar-refractivity contribution in [2.75, 3.05) is 26.3 Å². The van der Waals surface area contributed by atoms with E-state index in [9.17, 15) is 0 Å². The summed E-state index contributed by atoms with van der Waals surface area (Å²) < 4.78 is 5.28. The molecule has 1 saturated heterocycles. The van der Waals surface area contributed by atoms with E-state index in [1.165, 1.54) is 6.42 Å². The molecule has 0 saturated carbocycles. The molecule has 5 heteroatoms. The molecule has 1 aliphatic heterocycles. The van der Waals surface area contributed by atoms with Crippen LogP contribution in [0.1, 0.15) is 26.2 Å². The van der Waals surface area contributed by atoms with Crippen LogP contribution in [0.15, 0.2) is 4.99 Å². The van der Waals surface area contributed by atoms with Crippen molar-refractivity contribution >= 4 is 5.96 Å². The fraction of sp³-hybridized carbons (Fsp3) is 0.900.